The third kappa shape index (κ3) is 10.7. The Hall–Kier alpha value is -6.11. The first kappa shape index (κ1) is 38.7. The molecule has 0 fully saturated rings. The van der Waals surface area contributed by atoms with Crippen LogP contribution in [0.3, 0.4) is 0 Å². The van der Waals surface area contributed by atoms with Crippen LogP contribution in [0, 0.1) is 0 Å². The molecule has 0 radical (unpaired) electrons. The van der Waals surface area contributed by atoms with Gasteiger partial charge in [-0.2, -0.15) is 0 Å². The minimum Gasteiger partial charge on any atom is -0.444 e. The number of halogens is 2. The molecule has 2 aromatic heterocycles. The van der Waals surface area contributed by atoms with Crippen LogP contribution in [0.1, 0.15) is 41.5 Å². The van der Waals surface area contributed by atoms with E-state index in [0.29, 0.717) is 44.6 Å². The predicted molar refractivity (Wildman–Crippen MR) is 209 cm³/mol. The minimum absolute atomic E-state index is 0.00389. The molecular weight excluding hydrogens is 707 g/mol. The van der Waals surface area contributed by atoms with Crippen molar-refractivity contribution in [3.05, 3.63) is 141 Å². The molecule has 52 heavy (non-hydrogen) atoms. The summed E-state index contributed by atoms with van der Waals surface area (Å²) in [6.45, 7) is 5.30. The van der Waals surface area contributed by atoms with Crippen LogP contribution in [-0.2, 0) is 4.74 Å². The van der Waals surface area contributed by atoms with E-state index in [1.165, 1.54) is 12.4 Å². The third-order valence-electron chi connectivity index (χ3n) is 6.98. The van der Waals surface area contributed by atoms with E-state index >= 15 is 0 Å². The van der Waals surface area contributed by atoms with Gasteiger partial charge in [-0.25, -0.2) is 4.79 Å². The van der Waals surface area contributed by atoms with E-state index in [9.17, 15) is 24.0 Å². The first-order valence-corrected chi connectivity index (χ1v) is 16.8. The fourth-order valence-electron chi connectivity index (χ4n) is 4.78. The summed E-state index contributed by atoms with van der Waals surface area (Å²) in [6, 6.07) is 27.4. The number of alkyl halides is 2. The van der Waals surface area contributed by atoms with Crippen LogP contribution in [0.25, 0.3) is 21.8 Å². The Kier molecular flexibility index (Phi) is 13.2. The van der Waals surface area contributed by atoms with Gasteiger partial charge in [0.25, 0.3) is 11.8 Å². The maximum Gasteiger partial charge on any atom is 0.412 e. The number of hydrogen-bond donors (Lipinski definition) is 6. The van der Waals surface area contributed by atoms with Crippen LogP contribution in [-0.4, -0.2) is 38.8 Å². The normalized spacial score (nSPS) is 10.6. The van der Waals surface area contributed by atoms with E-state index in [4.69, 9.17) is 33.7 Å². The van der Waals surface area contributed by atoms with E-state index < -0.39 is 23.5 Å². The standard InChI is InChI=1S/C21H21N3O4.C16H13N3O2.CH2Cl2/c1-21(2,3)28-20(27)24-14-8-6-7-13(11-14)23-19(26)16-12-22-17-10-5-4-9-15(17)18(16)25;17-10-4-3-5-11(8-10)19-16(21)13-9-18-14-7-2-1-6-12(14)15(13)20;2-1-3/h4-12H,1-3H3,(H,22,25)(H,23,26)(H,24,27);1-9H,17H2,(H,18,20)(H,19,21);1H2. The molecule has 0 aliphatic carbocycles. The largest absolute Gasteiger partial charge is 0.444 e. The predicted octanol–water partition coefficient (Wildman–Crippen LogP) is 7.91. The number of aromatic nitrogens is 2. The van der Waals surface area contributed by atoms with Crippen molar-refractivity contribution in [2.24, 2.45) is 0 Å². The molecule has 0 bridgehead atoms. The van der Waals surface area contributed by atoms with Gasteiger partial charge in [0.1, 0.15) is 16.7 Å². The summed E-state index contributed by atoms with van der Waals surface area (Å²) >= 11 is 9.53. The van der Waals surface area contributed by atoms with Gasteiger partial charge in [-0.1, -0.05) is 36.4 Å². The number of ether oxygens (including phenoxy) is 1. The molecule has 0 atom stereocenters. The highest BCUT2D eigenvalue weighted by Crippen LogP contribution is 2.18. The van der Waals surface area contributed by atoms with Crippen molar-refractivity contribution >= 4 is 85.7 Å². The zero-order valence-electron chi connectivity index (χ0n) is 28.4. The Labute approximate surface area is 308 Å². The minimum atomic E-state index is -0.618. The zero-order chi connectivity index (χ0) is 37.8. The molecule has 0 spiro atoms. The third-order valence-corrected chi connectivity index (χ3v) is 6.98. The number of amides is 3. The molecule has 0 aliphatic heterocycles. The highest BCUT2D eigenvalue weighted by atomic mass is 35.5. The summed E-state index contributed by atoms with van der Waals surface area (Å²) in [5.41, 5.74) is 7.80. The van der Waals surface area contributed by atoms with Crippen LogP contribution in [0.5, 0.6) is 0 Å². The number of pyridine rings is 2. The Morgan fingerprint density at radius 2 is 1.08 bits per heavy atom. The molecule has 6 rings (SSSR count). The fraction of sp³-hybridized carbons (Fsp3) is 0.132. The molecular formula is C38H36Cl2N6O6. The van der Waals surface area contributed by atoms with Gasteiger partial charge in [-0.3, -0.25) is 24.5 Å². The molecule has 4 aromatic carbocycles. The molecule has 268 valence electrons. The molecule has 14 heteroatoms. The van der Waals surface area contributed by atoms with Gasteiger partial charge in [-0.05, 0) is 81.4 Å². The van der Waals surface area contributed by atoms with Crippen LogP contribution in [0.4, 0.5) is 27.5 Å². The Morgan fingerprint density at radius 1 is 0.654 bits per heavy atom. The summed E-state index contributed by atoms with van der Waals surface area (Å²) in [6.07, 6.45) is 2.22. The summed E-state index contributed by atoms with van der Waals surface area (Å²) in [5, 5.41) is 9.07. The maximum absolute atomic E-state index is 12.6. The summed E-state index contributed by atoms with van der Waals surface area (Å²) in [7, 11) is 0. The summed E-state index contributed by atoms with van der Waals surface area (Å²) in [4.78, 5) is 67.4. The maximum atomic E-state index is 12.6. The van der Waals surface area contributed by atoms with Gasteiger partial charge < -0.3 is 31.1 Å². The molecule has 12 nitrogen and oxygen atoms in total. The van der Waals surface area contributed by atoms with Gasteiger partial charge in [0.15, 0.2) is 0 Å². The second-order valence-electron chi connectivity index (χ2n) is 12.0. The van der Waals surface area contributed by atoms with Crippen molar-refractivity contribution < 1.29 is 19.1 Å². The number of para-hydroxylation sites is 2. The number of benzene rings is 4. The number of nitrogen functional groups attached to an aromatic ring is 1. The quantitative estimate of drug-likeness (QED) is 0.0764. The van der Waals surface area contributed by atoms with Crippen molar-refractivity contribution in [1.29, 1.82) is 0 Å². The summed E-state index contributed by atoms with van der Waals surface area (Å²) < 4.78 is 5.21. The second kappa shape index (κ2) is 17.7. The number of fused-ring (bicyclic) bond motifs is 2. The lowest BCUT2D eigenvalue weighted by molar-refractivity contribution is 0.0635. The molecule has 0 unspecified atom stereocenters. The van der Waals surface area contributed by atoms with Crippen molar-refractivity contribution in [2.45, 2.75) is 26.4 Å². The smallest absolute Gasteiger partial charge is 0.412 e. The Morgan fingerprint density at radius 3 is 1.54 bits per heavy atom. The molecule has 2 heterocycles. The lowest BCUT2D eigenvalue weighted by Crippen LogP contribution is -2.27. The number of nitrogens with two attached hydrogens (primary N) is 1. The number of aromatic amines is 2. The van der Waals surface area contributed by atoms with Crippen molar-refractivity contribution in [2.75, 3.05) is 27.0 Å². The van der Waals surface area contributed by atoms with E-state index in [1.54, 1.807) is 112 Å². The second-order valence-corrected chi connectivity index (χ2v) is 12.8. The molecule has 0 saturated heterocycles. The van der Waals surface area contributed by atoms with Gasteiger partial charge in [-0.15, -0.1) is 23.2 Å². The first-order chi connectivity index (χ1) is 24.8. The Bertz CT molecular complexity index is 2330. The molecule has 7 N–H and O–H groups in total. The monoisotopic (exact) mass is 742 g/mol. The molecule has 0 saturated carbocycles. The lowest BCUT2D eigenvalue weighted by Gasteiger charge is -2.19. The lowest BCUT2D eigenvalue weighted by atomic mass is 10.1. The SMILES string of the molecule is CC(C)(C)OC(=O)Nc1cccc(NC(=O)c2c[nH]c3ccccc3c2=O)c1.ClCCl.Nc1cccc(NC(=O)c2c[nH]c3ccccc3c2=O)c1. The van der Waals surface area contributed by atoms with E-state index in [0.717, 1.165) is 0 Å². The molecule has 3 amide bonds. The van der Waals surface area contributed by atoms with Crippen LogP contribution in [0.15, 0.2) is 119 Å². The number of carbonyl (C=O) groups excluding carboxylic acids is 3. The topological polar surface area (TPSA) is 188 Å². The van der Waals surface area contributed by atoms with Gasteiger partial charge in [0, 0.05) is 56.9 Å². The fourth-order valence-corrected chi connectivity index (χ4v) is 4.78. The average Bonchev–Trinajstić information content (AvgIpc) is 3.09. The number of nitrogens with one attached hydrogen (secondary N) is 5. The highest BCUT2D eigenvalue weighted by Gasteiger charge is 2.17. The first-order valence-electron chi connectivity index (χ1n) is 15.7. The molecule has 6 aromatic rings. The van der Waals surface area contributed by atoms with Crippen molar-refractivity contribution in [3.8, 4) is 0 Å². The van der Waals surface area contributed by atoms with Crippen molar-refractivity contribution in [3.63, 3.8) is 0 Å². The van der Waals surface area contributed by atoms with E-state index in [2.05, 4.69) is 25.9 Å². The highest BCUT2D eigenvalue weighted by molar-refractivity contribution is 6.40. The number of rotatable bonds is 5. The van der Waals surface area contributed by atoms with Crippen LogP contribution in [0.2, 0.25) is 0 Å². The number of hydrogen-bond acceptors (Lipinski definition) is 7. The van der Waals surface area contributed by atoms with Crippen LogP contribution >= 0.6 is 23.2 Å². The Balaban J connectivity index is 0.000000224. The van der Waals surface area contributed by atoms with E-state index in [-0.39, 0.29) is 27.3 Å². The average molecular weight is 744 g/mol. The van der Waals surface area contributed by atoms with Crippen LogP contribution < -0.4 is 32.5 Å². The van der Waals surface area contributed by atoms with Gasteiger partial charge >= 0.3 is 6.09 Å². The molecule has 0 aliphatic rings. The van der Waals surface area contributed by atoms with Gasteiger partial charge in [0.2, 0.25) is 10.9 Å². The zero-order valence-corrected chi connectivity index (χ0v) is 29.9. The number of anilines is 4. The van der Waals surface area contributed by atoms with E-state index in [1.807, 2.05) is 6.07 Å². The number of H-pyrrole nitrogens is 2. The number of carbonyl (C=O) groups is 3. The van der Waals surface area contributed by atoms with Gasteiger partial charge in [0.05, 0.1) is 5.34 Å². The van der Waals surface area contributed by atoms with Crippen molar-refractivity contribution in [1.82, 2.24) is 9.97 Å². The summed E-state index contributed by atoms with van der Waals surface area (Å²) in [5.74, 6) is -1.01.